The quantitative estimate of drug-likeness (QED) is 0.808. The highest BCUT2D eigenvalue weighted by Crippen LogP contribution is 2.28. The second kappa shape index (κ2) is 5.16. The van der Waals surface area contributed by atoms with Crippen LogP contribution in [0.2, 0.25) is 5.15 Å². The number of fused-ring (bicyclic) bond motifs is 1. The van der Waals surface area contributed by atoms with Gasteiger partial charge in [-0.25, -0.2) is 0 Å². The highest BCUT2D eigenvalue weighted by Gasteiger charge is 2.17. The van der Waals surface area contributed by atoms with E-state index in [0.717, 1.165) is 27.0 Å². The lowest BCUT2D eigenvalue weighted by atomic mass is 10.0. The Bertz CT molecular complexity index is 765. The summed E-state index contributed by atoms with van der Waals surface area (Å²) in [6.07, 6.45) is 1.53. The molecule has 3 rings (SSSR count). The monoisotopic (exact) mass is 307 g/mol. The van der Waals surface area contributed by atoms with E-state index < -0.39 is 6.10 Å². The Morgan fingerprint density at radius 2 is 2.30 bits per heavy atom. The van der Waals surface area contributed by atoms with E-state index in [1.807, 2.05) is 24.4 Å². The van der Waals surface area contributed by atoms with Crippen molar-refractivity contribution in [1.82, 2.24) is 14.8 Å². The van der Waals surface area contributed by atoms with Crippen molar-refractivity contribution in [3.8, 4) is 0 Å². The van der Waals surface area contributed by atoms with E-state index in [9.17, 15) is 5.11 Å². The van der Waals surface area contributed by atoms with E-state index in [0.29, 0.717) is 11.6 Å². The van der Waals surface area contributed by atoms with Crippen LogP contribution < -0.4 is 0 Å². The Morgan fingerprint density at radius 3 is 3.00 bits per heavy atom. The molecule has 0 aliphatic heterocycles. The Labute approximate surface area is 125 Å². The molecule has 4 nitrogen and oxygen atoms in total. The van der Waals surface area contributed by atoms with E-state index >= 15 is 0 Å². The molecule has 104 valence electrons. The van der Waals surface area contributed by atoms with Crippen LogP contribution in [-0.2, 0) is 13.5 Å². The van der Waals surface area contributed by atoms with Crippen molar-refractivity contribution in [2.24, 2.45) is 7.05 Å². The van der Waals surface area contributed by atoms with Crippen molar-refractivity contribution >= 4 is 33.2 Å². The molecule has 1 unspecified atom stereocenters. The van der Waals surface area contributed by atoms with Gasteiger partial charge in [0.15, 0.2) is 0 Å². The third-order valence-corrected chi connectivity index (χ3v) is 4.70. The van der Waals surface area contributed by atoms with Crippen LogP contribution in [-0.4, -0.2) is 19.9 Å². The number of aliphatic hydroxyl groups excluding tert-OH is 1. The number of aromatic nitrogens is 3. The lowest BCUT2D eigenvalue weighted by molar-refractivity contribution is 0.178. The summed E-state index contributed by atoms with van der Waals surface area (Å²) in [5, 5.41) is 17.2. The maximum absolute atomic E-state index is 10.4. The van der Waals surface area contributed by atoms with Crippen molar-refractivity contribution in [2.75, 3.05) is 0 Å². The van der Waals surface area contributed by atoms with Gasteiger partial charge in [-0.1, -0.05) is 11.6 Å². The molecule has 3 aromatic heterocycles. The molecule has 0 aliphatic carbocycles. The van der Waals surface area contributed by atoms with E-state index in [2.05, 4.69) is 10.1 Å². The maximum Gasteiger partial charge on any atom is 0.130 e. The van der Waals surface area contributed by atoms with Crippen LogP contribution in [0.1, 0.15) is 22.9 Å². The highest BCUT2D eigenvalue weighted by molar-refractivity contribution is 7.17. The van der Waals surface area contributed by atoms with Crippen molar-refractivity contribution < 1.29 is 5.11 Å². The number of pyridine rings is 1. The van der Waals surface area contributed by atoms with E-state index in [4.69, 9.17) is 11.6 Å². The van der Waals surface area contributed by atoms with Gasteiger partial charge in [0.05, 0.1) is 22.0 Å². The third kappa shape index (κ3) is 2.32. The zero-order valence-corrected chi connectivity index (χ0v) is 12.7. The normalized spacial score (nSPS) is 13.0. The first-order chi connectivity index (χ1) is 9.56. The summed E-state index contributed by atoms with van der Waals surface area (Å²) in [7, 11) is 1.80. The van der Waals surface area contributed by atoms with Crippen LogP contribution >= 0.6 is 22.9 Å². The van der Waals surface area contributed by atoms with Gasteiger partial charge in [-0.05, 0) is 24.4 Å². The molecule has 20 heavy (non-hydrogen) atoms. The van der Waals surface area contributed by atoms with Gasteiger partial charge in [0.25, 0.3) is 0 Å². The van der Waals surface area contributed by atoms with Crippen molar-refractivity contribution in [2.45, 2.75) is 19.4 Å². The lowest BCUT2D eigenvalue weighted by Crippen LogP contribution is -2.03. The second-order valence-electron chi connectivity index (χ2n) is 4.77. The summed E-state index contributed by atoms with van der Waals surface area (Å²) in [5.74, 6) is 0. The number of aryl methyl sites for hydroxylation is 2. The molecule has 0 aromatic carbocycles. The minimum atomic E-state index is -0.630. The summed E-state index contributed by atoms with van der Waals surface area (Å²) in [4.78, 5) is 4.35. The molecule has 0 saturated heterocycles. The molecule has 3 heterocycles. The van der Waals surface area contributed by atoms with Crippen LogP contribution in [0, 0.1) is 6.92 Å². The third-order valence-electron chi connectivity index (χ3n) is 3.38. The van der Waals surface area contributed by atoms with Gasteiger partial charge in [-0.3, -0.25) is 9.67 Å². The zero-order valence-electron chi connectivity index (χ0n) is 11.2. The molecule has 0 spiro atoms. The Morgan fingerprint density at radius 1 is 1.50 bits per heavy atom. The predicted molar refractivity (Wildman–Crippen MR) is 81.2 cm³/mol. The zero-order chi connectivity index (χ0) is 14.3. The molecular weight excluding hydrogens is 294 g/mol. The minimum Gasteiger partial charge on any atom is -0.388 e. The number of halogens is 1. The molecule has 1 N–H and O–H groups in total. The average molecular weight is 308 g/mol. The van der Waals surface area contributed by atoms with Gasteiger partial charge in [-0.2, -0.15) is 5.10 Å². The highest BCUT2D eigenvalue weighted by atomic mass is 35.5. The number of hydrogen-bond donors (Lipinski definition) is 1. The van der Waals surface area contributed by atoms with Crippen molar-refractivity contribution in [1.29, 1.82) is 0 Å². The van der Waals surface area contributed by atoms with Gasteiger partial charge >= 0.3 is 0 Å². The molecule has 0 bridgehead atoms. The molecule has 0 radical (unpaired) electrons. The van der Waals surface area contributed by atoms with E-state index in [-0.39, 0.29) is 0 Å². The fraction of sp³-hybridized carbons (Fsp3) is 0.286. The molecule has 0 aliphatic rings. The minimum absolute atomic E-state index is 0.442. The largest absolute Gasteiger partial charge is 0.388 e. The summed E-state index contributed by atoms with van der Waals surface area (Å²) in [6, 6.07) is 3.95. The molecule has 3 aromatic rings. The summed E-state index contributed by atoms with van der Waals surface area (Å²) in [5.41, 5.74) is 3.50. The molecule has 1 atom stereocenters. The number of rotatable bonds is 3. The van der Waals surface area contributed by atoms with Gasteiger partial charge < -0.3 is 5.11 Å². The smallest absolute Gasteiger partial charge is 0.130 e. The predicted octanol–water partition coefficient (Wildman–Crippen LogP) is 3.27. The topological polar surface area (TPSA) is 50.9 Å². The first kappa shape index (κ1) is 13.5. The summed E-state index contributed by atoms with van der Waals surface area (Å²) < 4.78 is 2.70. The first-order valence-corrected chi connectivity index (χ1v) is 7.51. The fourth-order valence-electron chi connectivity index (χ4n) is 2.26. The molecular formula is C14H14ClN3OS. The molecule has 0 amide bonds. The van der Waals surface area contributed by atoms with Gasteiger partial charge in [0.1, 0.15) is 5.15 Å². The molecule has 6 heteroatoms. The SMILES string of the molecule is Cc1nn(C)c(Cl)c1CC(O)c1cnc2ccsc2c1. The fourth-order valence-corrected chi connectivity index (χ4v) is 3.30. The van der Waals surface area contributed by atoms with Gasteiger partial charge in [0, 0.05) is 30.8 Å². The van der Waals surface area contributed by atoms with Crippen LogP contribution in [0.15, 0.2) is 23.7 Å². The Kier molecular flexibility index (Phi) is 3.50. The molecule has 0 saturated carbocycles. The van der Waals surface area contributed by atoms with Crippen LogP contribution in [0.25, 0.3) is 10.2 Å². The first-order valence-electron chi connectivity index (χ1n) is 6.25. The van der Waals surface area contributed by atoms with Crippen LogP contribution in [0.3, 0.4) is 0 Å². The van der Waals surface area contributed by atoms with Crippen molar-refractivity contribution in [3.63, 3.8) is 0 Å². The van der Waals surface area contributed by atoms with Crippen LogP contribution in [0.5, 0.6) is 0 Å². The average Bonchev–Trinajstić information content (AvgIpc) is 2.98. The Hall–Kier alpha value is -1.43. The maximum atomic E-state index is 10.4. The van der Waals surface area contributed by atoms with Crippen LogP contribution in [0.4, 0.5) is 0 Å². The van der Waals surface area contributed by atoms with E-state index in [1.54, 1.807) is 29.3 Å². The number of thiophene rings is 1. The second-order valence-corrected chi connectivity index (χ2v) is 6.08. The lowest BCUT2D eigenvalue weighted by Gasteiger charge is -2.10. The molecule has 0 fully saturated rings. The van der Waals surface area contributed by atoms with Crippen molar-refractivity contribution in [3.05, 3.63) is 45.7 Å². The number of hydrogen-bond acceptors (Lipinski definition) is 4. The Balaban J connectivity index is 1.90. The van der Waals surface area contributed by atoms with Gasteiger partial charge in [-0.15, -0.1) is 11.3 Å². The standard InChI is InChI=1S/C14H14ClN3OS/c1-8-10(14(15)18(2)17-8)6-12(19)9-5-13-11(16-7-9)3-4-20-13/h3-5,7,12,19H,6H2,1-2H3. The number of nitrogens with zero attached hydrogens (tertiary/aromatic N) is 3. The van der Waals surface area contributed by atoms with E-state index in [1.165, 1.54) is 0 Å². The number of aliphatic hydroxyl groups is 1. The summed E-state index contributed by atoms with van der Waals surface area (Å²) in [6.45, 7) is 1.90. The summed E-state index contributed by atoms with van der Waals surface area (Å²) >= 11 is 7.82. The van der Waals surface area contributed by atoms with Gasteiger partial charge in [0.2, 0.25) is 0 Å².